The molecule has 0 bridgehead atoms. The van der Waals surface area contributed by atoms with Crippen molar-refractivity contribution < 1.29 is 23.1 Å². The largest absolute Gasteiger partial charge is 0.480 e. The van der Waals surface area contributed by atoms with Crippen molar-refractivity contribution in [2.24, 2.45) is 0 Å². The first kappa shape index (κ1) is 30.9. The SMILES string of the molecule is CSCC[C@H](NC(=O)C1=C(c2ccccc2C)CN(S(=O)(=O)N(Cc2ccccc2)Cc2cncs2)CC1)C(=O)O. The number of nitrogens with one attached hydrogen (secondary N) is 1. The van der Waals surface area contributed by atoms with Crippen LogP contribution in [0.4, 0.5) is 0 Å². The van der Waals surface area contributed by atoms with Gasteiger partial charge in [-0.25, -0.2) is 4.79 Å². The second kappa shape index (κ2) is 14.2. The number of carboxylic acids is 1. The van der Waals surface area contributed by atoms with Gasteiger partial charge in [-0.1, -0.05) is 54.6 Å². The van der Waals surface area contributed by atoms with Crippen LogP contribution < -0.4 is 5.32 Å². The van der Waals surface area contributed by atoms with Crippen molar-refractivity contribution in [3.63, 3.8) is 0 Å². The minimum absolute atomic E-state index is 0.00747. The molecular formula is C29H34N4O5S3. The lowest BCUT2D eigenvalue weighted by atomic mass is 9.91. The average molecular weight is 615 g/mol. The van der Waals surface area contributed by atoms with Gasteiger partial charge in [-0.15, -0.1) is 11.3 Å². The molecule has 1 atom stereocenters. The van der Waals surface area contributed by atoms with Gasteiger partial charge in [0.05, 0.1) is 12.1 Å². The lowest BCUT2D eigenvalue weighted by Gasteiger charge is -2.34. The Balaban J connectivity index is 1.68. The maximum Gasteiger partial charge on any atom is 0.326 e. The van der Waals surface area contributed by atoms with Crippen LogP contribution in [0.5, 0.6) is 0 Å². The molecule has 12 heteroatoms. The van der Waals surface area contributed by atoms with Gasteiger partial charge < -0.3 is 10.4 Å². The summed E-state index contributed by atoms with van der Waals surface area (Å²) in [7, 11) is -3.97. The Labute approximate surface area is 249 Å². The first-order chi connectivity index (χ1) is 19.7. The third-order valence-corrected chi connectivity index (χ3v) is 10.2. The lowest BCUT2D eigenvalue weighted by molar-refractivity contribution is -0.141. The Morgan fingerprint density at radius 3 is 2.54 bits per heavy atom. The van der Waals surface area contributed by atoms with Crippen LogP contribution in [-0.2, 0) is 32.9 Å². The first-order valence-electron chi connectivity index (χ1n) is 13.2. The molecule has 1 aliphatic heterocycles. The number of aliphatic carboxylic acids is 1. The maximum atomic E-state index is 14.2. The molecule has 0 spiro atoms. The van der Waals surface area contributed by atoms with E-state index in [-0.39, 0.29) is 32.6 Å². The van der Waals surface area contributed by atoms with E-state index in [1.165, 1.54) is 31.7 Å². The van der Waals surface area contributed by atoms with Crippen LogP contribution in [-0.4, -0.2) is 70.1 Å². The molecule has 2 N–H and O–H groups in total. The average Bonchev–Trinajstić information content (AvgIpc) is 3.48. The monoisotopic (exact) mass is 614 g/mol. The van der Waals surface area contributed by atoms with Gasteiger partial charge in [-0.3, -0.25) is 9.78 Å². The van der Waals surface area contributed by atoms with E-state index in [9.17, 15) is 23.1 Å². The molecule has 1 aliphatic rings. The second-order valence-corrected chi connectivity index (χ2v) is 13.6. The van der Waals surface area contributed by atoms with Crippen molar-refractivity contribution in [2.45, 2.75) is 38.9 Å². The van der Waals surface area contributed by atoms with E-state index in [4.69, 9.17) is 0 Å². The first-order valence-corrected chi connectivity index (χ1v) is 16.8. The molecule has 1 aromatic heterocycles. The number of carbonyl (C=O) groups excluding carboxylic acids is 1. The van der Waals surface area contributed by atoms with Crippen LogP contribution in [0, 0.1) is 6.92 Å². The molecule has 2 heterocycles. The van der Waals surface area contributed by atoms with Crippen LogP contribution in [0.2, 0.25) is 0 Å². The summed E-state index contributed by atoms with van der Waals surface area (Å²) in [6, 6.07) is 15.9. The molecule has 0 saturated carbocycles. The summed E-state index contributed by atoms with van der Waals surface area (Å²) >= 11 is 2.90. The fourth-order valence-electron chi connectivity index (χ4n) is 4.75. The van der Waals surface area contributed by atoms with E-state index in [1.54, 1.807) is 11.7 Å². The smallest absolute Gasteiger partial charge is 0.326 e. The molecule has 0 fully saturated rings. The van der Waals surface area contributed by atoms with E-state index >= 15 is 0 Å². The summed E-state index contributed by atoms with van der Waals surface area (Å²) in [5, 5.41) is 12.4. The van der Waals surface area contributed by atoms with Crippen molar-refractivity contribution in [1.82, 2.24) is 18.9 Å². The zero-order chi connectivity index (χ0) is 29.4. The highest BCUT2D eigenvalue weighted by atomic mass is 32.2. The number of amides is 1. The van der Waals surface area contributed by atoms with Crippen molar-refractivity contribution in [1.29, 1.82) is 0 Å². The minimum Gasteiger partial charge on any atom is -0.480 e. The van der Waals surface area contributed by atoms with Gasteiger partial charge in [-0.05, 0) is 54.0 Å². The number of aromatic nitrogens is 1. The fourth-order valence-corrected chi connectivity index (χ4v) is 7.46. The van der Waals surface area contributed by atoms with Crippen molar-refractivity contribution in [2.75, 3.05) is 25.1 Å². The summed E-state index contributed by atoms with van der Waals surface area (Å²) in [5.74, 6) is -0.978. The minimum atomic E-state index is -3.97. The molecule has 41 heavy (non-hydrogen) atoms. The third-order valence-electron chi connectivity index (χ3n) is 6.94. The van der Waals surface area contributed by atoms with Crippen LogP contribution in [0.3, 0.4) is 0 Å². The van der Waals surface area contributed by atoms with Crippen LogP contribution in [0.15, 0.2) is 71.9 Å². The summed E-state index contributed by atoms with van der Waals surface area (Å²) < 4.78 is 31.2. The summed E-state index contributed by atoms with van der Waals surface area (Å²) in [6.45, 7) is 2.35. The van der Waals surface area contributed by atoms with E-state index < -0.39 is 28.1 Å². The van der Waals surface area contributed by atoms with Gasteiger partial charge in [0.1, 0.15) is 6.04 Å². The predicted molar refractivity (Wildman–Crippen MR) is 164 cm³/mol. The van der Waals surface area contributed by atoms with Crippen molar-refractivity contribution in [3.05, 3.63) is 93.4 Å². The quantitative estimate of drug-likeness (QED) is 0.296. The zero-order valence-electron chi connectivity index (χ0n) is 23.0. The molecule has 218 valence electrons. The Morgan fingerprint density at radius 1 is 1.15 bits per heavy atom. The third kappa shape index (κ3) is 7.83. The molecular weight excluding hydrogens is 581 g/mol. The number of benzene rings is 2. The summed E-state index contributed by atoms with van der Waals surface area (Å²) in [6.07, 6.45) is 4.00. The second-order valence-electron chi connectivity index (χ2n) is 9.73. The van der Waals surface area contributed by atoms with Crippen LogP contribution >= 0.6 is 23.1 Å². The number of nitrogens with zero attached hydrogens (tertiary/aromatic N) is 3. The van der Waals surface area contributed by atoms with Crippen molar-refractivity contribution in [3.8, 4) is 0 Å². The molecule has 4 rings (SSSR count). The number of carbonyl (C=O) groups is 2. The van der Waals surface area contributed by atoms with Gasteiger partial charge in [0.25, 0.3) is 10.2 Å². The maximum absolute atomic E-state index is 14.2. The van der Waals surface area contributed by atoms with Crippen LogP contribution in [0.1, 0.15) is 34.4 Å². The molecule has 3 aromatic rings. The Bertz CT molecular complexity index is 1480. The molecule has 0 radical (unpaired) electrons. The van der Waals surface area contributed by atoms with E-state index in [1.807, 2.05) is 67.8 Å². The molecule has 2 aromatic carbocycles. The molecule has 0 unspecified atom stereocenters. The van der Waals surface area contributed by atoms with Crippen LogP contribution in [0.25, 0.3) is 5.57 Å². The molecule has 9 nitrogen and oxygen atoms in total. The molecule has 0 aliphatic carbocycles. The molecule has 0 saturated heterocycles. The van der Waals surface area contributed by atoms with E-state index in [0.29, 0.717) is 23.3 Å². The normalized spacial score (nSPS) is 15.2. The lowest BCUT2D eigenvalue weighted by Crippen LogP contribution is -2.48. The van der Waals surface area contributed by atoms with Gasteiger partial charge in [0.15, 0.2) is 0 Å². The van der Waals surface area contributed by atoms with Crippen molar-refractivity contribution >= 4 is 50.8 Å². The number of rotatable bonds is 13. The Morgan fingerprint density at radius 2 is 1.88 bits per heavy atom. The number of carboxylic acid groups (broad SMARTS) is 1. The van der Waals surface area contributed by atoms with E-state index in [2.05, 4.69) is 10.3 Å². The number of thiazole rings is 1. The topological polar surface area (TPSA) is 120 Å². The highest BCUT2D eigenvalue weighted by Crippen LogP contribution is 2.32. The highest BCUT2D eigenvalue weighted by Gasteiger charge is 2.36. The number of thioether (sulfide) groups is 1. The van der Waals surface area contributed by atoms with Gasteiger partial charge in [0.2, 0.25) is 5.91 Å². The Kier molecular flexibility index (Phi) is 10.7. The summed E-state index contributed by atoms with van der Waals surface area (Å²) in [5.41, 5.74) is 5.20. The number of hydrogen-bond donors (Lipinski definition) is 2. The Hall–Kier alpha value is -3.03. The highest BCUT2D eigenvalue weighted by molar-refractivity contribution is 7.98. The standard InChI is InChI=1S/C29H34N4O5S3/c1-21-8-6-7-11-24(21)26-19-32(14-12-25(26)28(34)31-27(29(35)36)13-15-39-2)41(37,38)33(18-23-16-30-20-40-23)17-22-9-4-3-5-10-22/h3-11,16,20,27H,12-15,17-19H2,1-2H3,(H,31,34)(H,35,36)/t27-/m0/s1. The number of aryl methyl sites for hydroxylation is 1. The fraction of sp³-hybridized carbons (Fsp3) is 0.345. The zero-order valence-corrected chi connectivity index (χ0v) is 25.5. The predicted octanol–water partition coefficient (Wildman–Crippen LogP) is 4.18. The van der Waals surface area contributed by atoms with Gasteiger partial charge >= 0.3 is 5.97 Å². The number of hydrogen-bond acceptors (Lipinski definition) is 7. The summed E-state index contributed by atoms with van der Waals surface area (Å²) in [4.78, 5) is 30.3. The van der Waals surface area contributed by atoms with E-state index in [0.717, 1.165) is 21.6 Å². The molecule has 1 amide bonds. The van der Waals surface area contributed by atoms with Gasteiger partial charge in [-0.2, -0.15) is 28.8 Å². The van der Waals surface area contributed by atoms with Gasteiger partial charge in [0, 0.05) is 36.3 Å².